The second-order valence-corrected chi connectivity index (χ2v) is 3.64. The summed E-state index contributed by atoms with van der Waals surface area (Å²) in [5.41, 5.74) is 2.83. The highest BCUT2D eigenvalue weighted by Gasteiger charge is 2.27. The van der Waals surface area contributed by atoms with Gasteiger partial charge in [0.1, 0.15) is 0 Å². The molecule has 62 valence electrons. The van der Waals surface area contributed by atoms with Crippen molar-refractivity contribution in [2.24, 2.45) is 4.99 Å². The van der Waals surface area contributed by atoms with Gasteiger partial charge in [0.15, 0.2) is 0 Å². The van der Waals surface area contributed by atoms with Crippen LogP contribution in [-0.2, 0) is 6.54 Å². The van der Waals surface area contributed by atoms with Crippen molar-refractivity contribution in [2.75, 3.05) is 6.54 Å². The lowest BCUT2D eigenvalue weighted by Gasteiger charge is -2.12. The minimum absolute atomic E-state index is 0.866. The molecule has 1 saturated carbocycles. The predicted molar refractivity (Wildman–Crippen MR) is 48.9 cm³/mol. The number of aromatic nitrogens is 1. The Bertz CT molecular complexity index is 332. The van der Waals surface area contributed by atoms with Gasteiger partial charge in [0, 0.05) is 18.5 Å². The van der Waals surface area contributed by atoms with E-state index < -0.39 is 0 Å². The van der Waals surface area contributed by atoms with Gasteiger partial charge >= 0.3 is 0 Å². The second-order valence-electron chi connectivity index (χ2n) is 3.64. The quantitative estimate of drug-likeness (QED) is 0.596. The minimum atomic E-state index is 0.866. The number of hydrogen-bond acceptors (Lipinski definition) is 1. The molecule has 3 rings (SSSR count). The molecular weight excluding hydrogens is 148 g/mol. The smallest absolute Gasteiger partial charge is 0.0591 e. The van der Waals surface area contributed by atoms with Gasteiger partial charge in [-0.15, -0.1) is 0 Å². The van der Waals surface area contributed by atoms with Crippen LogP contribution >= 0.6 is 0 Å². The van der Waals surface area contributed by atoms with E-state index in [2.05, 4.69) is 21.7 Å². The third kappa shape index (κ3) is 0.840. The molecule has 0 N–H and O–H groups in total. The van der Waals surface area contributed by atoms with E-state index in [1.54, 1.807) is 0 Å². The van der Waals surface area contributed by atoms with Crippen molar-refractivity contribution in [3.05, 3.63) is 23.5 Å². The Morgan fingerprint density at radius 1 is 1.33 bits per heavy atom. The summed E-state index contributed by atoms with van der Waals surface area (Å²) in [5.74, 6) is 0.866. The summed E-state index contributed by atoms with van der Waals surface area (Å²) in [6.45, 7) is 2.05. The van der Waals surface area contributed by atoms with Crippen LogP contribution in [0.1, 0.15) is 30.1 Å². The zero-order chi connectivity index (χ0) is 7.97. The molecule has 0 amide bonds. The molecule has 1 aliphatic carbocycles. The van der Waals surface area contributed by atoms with Gasteiger partial charge in [-0.2, -0.15) is 0 Å². The van der Waals surface area contributed by atoms with E-state index >= 15 is 0 Å². The normalized spacial score (nSPS) is 21.0. The van der Waals surface area contributed by atoms with Gasteiger partial charge < -0.3 is 4.57 Å². The highest BCUT2D eigenvalue weighted by atomic mass is 15.0. The number of rotatable bonds is 1. The molecule has 1 aromatic rings. The third-order valence-corrected chi connectivity index (χ3v) is 2.72. The third-order valence-electron chi connectivity index (χ3n) is 2.72. The molecule has 1 aromatic heterocycles. The Hall–Kier alpha value is -1.05. The van der Waals surface area contributed by atoms with Crippen molar-refractivity contribution in [2.45, 2.75) is 25.3 Å². The molecule has 12 heavy (non-hydrogen) atoms. The monoisotopic (exact) mass is 160 g/mol. The zero-order valence-corrected chi connectivity index (χ0v) is 7.03. The average Bonchev–Trinajstić information content (AvgIpc) is 2.86. The summed E-state index contributed by atoms with van der Waals surface area (Å²) in [4.78, 5) is 4.27. The van der Waals surface area contributed by atoms with Crippen LogP contribution in [0.3, 0.4) is 0 Å². The van der Waals surface area contributed by atoms with Crippen LogP contribution in [-0.4, -0.2) is 17.3 Å². The van der Waals surface area contributed by atoms with E-state index in [0.29, 0.717) is 0 Å². The van der Waals surface area contributed by atoms with E-state index in [4.69, 9.17) is 0 Å². The van der Waals surface area contributed by atoms with Gasteiger partial charge in [0.25, 0.3) is 0 Å². The molecular formula is C10H12N2. The first-order valence-corrected chi connectivity index (χ1v) is 4.64. The molecule has 0 atom stereocenters. The molecule has 2 heterocycles. The van der Waals surface area contributed by atoms with Crippen molar-refractivity contribution >= 4 is 6.21 Å². The molecule has 0 unspecified atom stereocenters. The highest BCUT2D eigenvalue weighted by molar-refractivity contribution is 5.78. The standard InChI is InChI=1S/C10H12N2/c1-2-8(1)10-4-3-9-7-11-5-6-12(9)10/h3-4,7-8H,1-2,5-6H2. The fourth-order valence-electron chi connectivity index (χ4n) is 1.92. The first kappa shape index (κ1) is 6.46. The van der Waals surface area contributed by atoms with E-state index in [1.807, 2.05) is 6.21 Å². The topological polar surface area (TPSA) is 17.3 Å². The van der Waals surface area contributed by atoms with Crippen molar-refractivity contribution < 1.29 is 0 Å². The second kappa shape index (κ2) is 2.22. The molecule has 0 aromatic carbocycles. The van der Waals surface area contributed by atoms with Gasteiger partial charge in [0.05, 0.1) is 12.2 Å². The molecule has 2 heteroatoms. The zero-order valence-electron chi connectivity index (χ0n) is 7.03. The van der Waals surface area contributed by atoms with Gasteiger partial charge in [-0.1, -0.05) is 0 Å². The molecule has 0 saturated heterocycles. The molecule has 2 nitrogen and oxygen atoms in total. The van der Waals surface area contributed by atoms with Crippen LogP contribution in [0.5, 0.6) is 0 Å². The van der Waals surface area contributed by atoms with Gasteiger partial charge in [0.2, 0.25) is 0 Å². The summed E-state index contributed by atoms with van der Waals surface area (Å²) in [6, 6.07) is 4.46. The van der Waals surface area contributed by atoms with Crippen molar-refractivity contribution in [3.8, 4) is 0 Å². The Balaban J connectivity index is 2.09. The maximum Gasteiger partial charge on any atom is 0.0591 e. The minimum Gasteiger partial charge on any atom is -0.342 e. The summed E-state index contributed by atoms with van der Waals surface area (Å²) >= 11 is 0. The molecule has 0 bridgehead atoms. The molecule has 0 radical (unpaired) electrons. The first-order valence-electron chi connectivity index (χ1n) is 4.64. The lowest BCUT2D eigenvalue weighted by atomic mass is 10.3. The molecule has 1 fully saturated rings. The molecule has 0 spiro atoms. The number of hydrogen-bond donors (Lipinski definition) is 0. The van der Waals surface area contributed by atoms with Crippen LogP contribution in [0.15, 0.2) is 17.1 Å². The highest BCUT2D eigenvalue weighted by Crippen LogP contribution is 2.40. The van der Waals surface area contributed by atoms with Crippen LogP contribution < -0.4 is 0 Å². The Labute approximate surface area is 71.9 Å². The van der Waals surface area contributed by atoms with E-state index in [0.717, 1.165) is 19.0 Å². The predicted octanol–water partition coefficient (Wildman–Crippen LogP) is 1.80. The van der Waals surface area contributed by atoms with Gasteiger partial charge in [-0.3, -0.25) is 4.99 Å². The summed E-state index contributed by atoms with van der Waals surface area (Å²) in [5, 5.41) is 0. The fraction of sp³-hybridized carbons (Fsp3) is 0.500. The summed E-state index contributed by atoms with van der Waals surface area (Å²) < 4.78 is 2.42. The van der Waals surface area contributed by atoms with Crippen LogP contribution in [0.25, 0.3) is 0 Å². The fourth-order valence-corrected chi connectivity index (χ4v) is 1.92. The largest absolute Gasteiger partial charge is 0.342 e. The van der Waals surface area contributed by atoms with Crippen LogP contribution in [0.4, 0.5) is 0 Å². The lowest BCUT2D eigenvalue weighted by Crippen LogP contribution is -2.12. The van der Waals surface area contributed by atoms with Crippen molar-refractivity contribution in [1.29, 1.82) is 0 Å². The van der Waals surface area contributed by atoms with Gasteiger partial charge in [-0.25, -0.2) is 0 Å². The first-order chi connectivity index (χ1) is 5.95. The summed E-state index contributed by atoms with van der Waals surface area (Å²) in [7, 11) is 0. The maximum atomic E-state index is 4.27. The summed E-state index contributed by atoms with van der Waals surface area (Å²) in [6.07, 6.45) is 4.77. The molecule has 2 aliphatic rings. The van der Waals surface area contributed by atoms with Crippen LogP contribution in [0, 0.1) is 0 Å². The van der Waals surface area contributed by atoms with E-state index in [-0.39, 0.29) is 0 Å². The SMILES string of the molecule is C1=NCCn2c1ccc2C1CC1. The number of aliphatic imine (C=N–C) groups is 1. The average molecular weight is 160 g/mol. The Morgan fingerprint density at radius 3 is 3.08 bits per heavy atom. The van der Waals surface area contributed by atoms with Crippen LogP contribution in [0.2, 0.25) is 0 Å². The van der Waals surface area contributed by atoms with Gasteiger partial charge in [-0.05, 0) is 30.9 Å². The molecule has 1 aliphatic heterocycles. The number of fused-ring (bicyclic) bond motifs is 1. The lowest BCUT2D eigenvalue weighted by molar-refractivity contribution is 0.660. The Morgan fingerprint density at radius 2 is 2.25 bits per heavy atom. The number of nitrogens with zero attached hydrogens (tertiary/aromatic N) is 2. The van der Waals surface area contributed by atoms with Crippen molar-refractivity contribution in [3.63, 3.8) is 0 Å². The van der Waals surface area contributed by atoms with E-state index in [1.165, 1.54) is 24.2 Å². The Kier molecular flexibility index (Phi) is 1.20. The maximum absolute atomic E-state index is 4.27. The van der Waals surface area contributed by atoms with Crippen molar-refractivity contribution in [1.82, 2.24) is 4.57 Å². The van der Waals surface area contributed by atoms with E-state index in [9.17, 15) is 0 Å².